The summed E-state index contributed by atoms with van der Waals surface area (Å²) in [6.45, 7) is 3.30. The molecule has 0 aliphatic heterocycles. The second kappa shape index (κ2) is 11.2. The van der Waals surface area contributed by atoms with Gasteiger partial charge >= 0.3 is 5.97 Å². The van der Waals surface area contributed by atoms with Gasteiger partial charge in [0, 0.05) is 35.8 Å². The molecule has 1 heterocycles. The van der Waals surface area contributed by atoms with Crippen molar-refractivity contribution in [2.24, 2.45) is 0 Å². The van der Waals surface area contributed by atoms with E-state index < -0.39 is 0 Å². The van der Waals surface area contributed by atoms with Gasteiger partial charge in [-0.1, -0.05) is 48.5 Å². The molecule has 34 heavy (non-hydrogen) atoms. The van der Waals surface area contributed by atoms with E-state index in [9.17, 15) is 9.59 Å². The maximum atomic E-state index is 13.1. The fourth-order valence-corrected chi connectivity index (χ4v) is 3.81. The first-order valence-electron chi connectivity index (χ1n) is 11.5. The minimum atomic E-state index is -0.201. The van der Waals surface area contributed by atoms with Crippen molar-refractivity contribution in [2.75, 3.05) is 11.9 Å². The van der Waals surface area contributed by atoms with Gasteiger partial charge in [0.25, 0.3) is 5.91 Å². The number of nitrogens with zero attached hydrogens (tertiary/aromatic N) is 1. The number of carbonyl (C=O) groups is 2. The first-order valence-corrected chi connectivity index (χ1v) is 11.5. The lowest BCUT2D eigenvalue weighted by Crippen LogP contribution is -2.11. The molecule has 0 saturated heterocycles. The van der Waals surface area contributed by atoms with Gasteiger partial charge < -0.3 is 19.4 Å². The highest BCUT2D eigenvalue weighted by Crippen LogP contribution is 2.24. The van der Waals surface area contributed by atoms with Crippen molar-refractivity contribution < 1.29 is 19.1 Å². The number of aromatic nitrogens is 1. The Kier molecular flexibility index (Phi) is 7.60. The number of hydrogen-bond acceptors (Lipinski definition) is 4. The zero-order valence-corrected chi connectivity index (χ0v) is 19.2. The van der Waals surface area contributed by atoms with Crippen molar-refractivity contribution in [3.8, 4) is 5.75 Å². The van der Waals surface area contributed by atoms with E-state index in [-0.39, 0.29) is 11.9 Å². The predicted molar refractivity (Wildman–Crippen MR) is 133 cm³/mol. The molecule has 0 atom stereocenters. The second-order valence-corrected chi connectivity index (χ2v) is 7.91. The summed E-state index contributed by atoms with van der Waals surface area (Å²) >= 11 is 0. The number of fused-ring (bicyclic) bond motifs is 1. The molecule has 0 aliphatic carbocycles. The smallest absolute Gasteiger partial charge is 0.305 e. The number of ether oxygens (including phenoxy) is 2. The van der Waals surface area contributed by atoms with Crippen molar-refractivity contribution in [3.63, 3.8) is 0 Å². The van der Waals surface area contributed by atoms with E-state index in [1.165, 1.54) is 0 Å². The molecule has 0 saturated carbocycles. The van der Waals surface area contributed by atoms with Gasteiger partial charge in [-0.15, -0.1) is 0 Å². The summed E-state index contributed by atoms with van der Waals surface area (Å²) < 4.78 is 12.8. The standard InChI is InChI=1S/C28H28N2O4/c1-2-33-27(31)13-8-18-30-19-25(24-11-6-7-12-26(24)30)28(32)29-22-14-16-23(17-15-22)34-20-21-9-4-3-5-10-21/h3-7,9-12,14-17,19H,2,8,13,18,20H2,1H3,(H,29,32). The molecule has 1 N–H and O–H groups in total. The number of hydrogen-bond donors (Lipinski definition) is 1. The van der Waals surface area contributed by atoms with Crippen LogP contribution < -0.4 is 10.1 Å². The van der Waals surface area contributed by atoms with Gasteiger partial charge in [0.2, 0.25) is 0 Å². The number of carbonyl (C=O) groups excluding carboxylic acids is 2. The second-order valence-electron chi connectivity index (χ2n) is 7.91. The number of esters is 1. The Labute approximate surface area is 199 Å². The molecule has 6 nitrogen and oxygen atoms in total. The normalized spacial score (nSPS) is 10.7. The van der Waals surface area contributed by atoms with Crippen LogP contribution in [0.5, 0.6) is 5.75 Å². The third kappa shape index (κ3) is 5.84. The number of aryl methyl sites for hydroxylation is 1. The van der Waals surface area contributed by atoms with Crippen LogP contribution in [0, 0.1) is 0 Å². The Morgan fingerprint density at radius 2 is 1.65 bits per heavy atom. The summed E-state index contributed by atoms with van der Waals surface area (Å²) in [5, 5.41) is 3.85. The van der Waals surface area contributed by atoms with Crippen LogP contribution in [0.25, 0.3) is 10.9 Å². The van der Waals surface area contributed by atoms with Gasteiger partial charge in [0.15, 0.2) is 0 Å². The van der Waals surface area contributed by atoms with E-state index in [0.29, 0.717) is 43.9 Å². The summed E-state index contributed by atoms with van der Waals surface area (Å²) in [7, 11) is 0. The Bertz CT molecular complexity index is 1250. The van der Waals surface area contributed by atoms with Crippen LogP contribution in [-0.4, -0.2) is 23.1 Å². The lowest BCUT2D eigenvalue weighted by Gasteiger charge is -2.08. The van der Waals surface area contributed by atoms with Crippen molar-refractivity contribution >= 4 is 28.5 Å². The highest BCUT2D eigenvalue weighted by Gasteiger charge is 2.15. The van der Waals surface area contributed by atoms with Crippen molar-refractivity contribution in [3.05, 3.63) is 96.2 Å². The summed E-state index contributed by atoms with van der Waals surface area (Å²) in [5.41, 5.74) is 3.34. The largest absolute Gasteiger partial charge is 0.489 e. The Morgan fingerprint density at radius 3 is 2.41 bits per heavy atom. The van der Waals surface area contributed by atoms with Crippen LogP contribution in [-0.2, 0) is 22.7 Å². The quantitative estimate of drug-likeness (QED) is 0.306. The monoisotopic (exact) mass is 456 g/mol. The van der Waals surface area contributed by atoms with Gasteiger partial charge in [-0.2, -0.15) is 0 Å². The SMILES string of the molecule is CCOC(=O)CCCn1cc(C(=O)Nc2ccc(OCc3ccccc3)cc2)c2ccccc21. The molecule has 0 fully saturated rings. The molecule has 6 heteroatoms. The van der Waals surface area contributed by atoms with Crippen molar-refractivity contribution in [2.45, 2.75) is 32.9 Å². The molecule has 1 aromatic heterocycles. The van der Waals surface area contributed by atoms with Crippen LogP contribution in [0.15, 0.2) is 85.1 Å². The summed E-state index contributed by atoms with van der Waals surface area (Å²) in [6.07, 6.45) is 2.84. The van der Waals surface area contributed by atoms with Crippen molar-refractivity contribution in [1.29, 1.82) is 0 Å². The molecule has 0 aliphatic rings. The highest BCUT2D eigenvalue weighted by atomic mass is 16.5. The molecule has 0 unspecified atom stereocenters. The lowest BCUT2D eigenvalue weighted by molar-refractivity contribution is -0.143. The Balaban J connectivity index is 1.41. The van der Waals surface area contributed by atoms with Crippen molar-refractivity contribution in [1.82, 2.24) is 4.57 Å². The van der Waals surface area contributed by atoms with Crippen LogP contribution in [0.2, 0.25) is 0 Å². The molecule has 0 radical (unpaired) electrons. The molecule has 4 rings (SSSR count). The van der Waals surface area contributed by atoms with E-state index in [4.69, 9.17) is 9.47 Å². The molecule has 3 aromatic carbocycles. The molecular weight excluding hydrogens is 428 g/mol. The van der Waals surface area contributed by atoms with Gasteiger partial charge in [-0.3, -0.25) is 9.59 Å². The third-order valence-electron chi connectivity index (χ3n) is 5.48. The Hall–Kier alpha value is -4.06. The van der Waals surface area contributed by atoms with E-state index in [1.54, 1.807) is 6.92 Å². The lowest BCUT2D eigenvalue weighted by atomic mass is 10.1. The van der Waals surface area contributed by atoms with E-state index in [1.807, 2.05) is 89.6 Å². The van der Waals surface area contributed by atoms with Crippen LogP contribution in [0.4, 0.5) is 5.69 Å². The number of rotatable bonds is 10. The third-order valence-corrected chi connectivity index (χ3v) is 5.48. The highest BCUT2D eigenvalue weighted by molar-refractivity contribution is 6.13. The number of amides is 1. The molecule has 4 aromatic rings. The Morgan fingerprint density at radius 1 is 0.912 bits per heavy atom. The average molecular weight is 457 g/mol. The summed E-state index contributed by atoms with van der Waals surface area (Å²) in [6, 6.07) is 25.1. The fraction of sp³-hybridized carbons (Fsp3) is 0.214. The number of para-hydroxylation sites is 1. The van der Waals surface area contributed by atoms with Gasteiger partial charge in [0.1, 0.15) is 12.4 Å². The minimum absolute atomic E-state index is 0.182. The van der Waals surface area contributed by atoms with Gasteiger partial charge in [-0.05, 0) is 49.2 Å². The molecule has 1 amide bonds. The average Bonchev–Trinajstić information content (AvgIpc) is 3.23. The van der Waals surface area contributed by atoms with Crippen LogP contribution >= 0.6 is 0 Å². The van der Waals surface area contributed by atoms with E-state index in [2.05, 4.69) is 5.32 Å². The van der Waals surface area contributed by atoms with Gasteiger partial charge in [-0.25, -0.2) is 0 Å². The minimum Gasteiger partial charge on any atom is -0.489 e. The summed E-state index contributed by atoms with van der Waals surface area (Å²) in [5.74, 6) is 0.353. The van der Waals surface area contributed by atoms with E-state index in [0.717, 1.165) is 22.2 Å². The maximum absolute atomic E-state index is 13.1. The van der Waals surface area contributed by atoms with Crippen LogP contribution in [0.3, 0.4) is 0 Å². The zero-order valence-electron chi connectivity index (χ0n) is 19.2. The summed E-state index contributed by atoms with van der Waals surface area (Å²) in [4.78, 5) is 24.7. The number of nitrogens with one attached hydrogen (secondary N) is 1. The maximum Gasteiger partial charge on any atom is 0.305 e. The molecule has 0 bridgehead atoms. The van der Waals surface area contributed by atoms with E-state index >= 15 is 0 Å². The van der Waals surface area contributed by atoms with Gasteiger partial charge in [0.05, 0.1) is 12.2 Å². The number of anilines is 1. The molecule has 0 spiro atoms. The van der Waals surface area contributed by atoms with Crippen LogP contribution in [0.1, 0.15) is 35.7 Å². The molecular formula is C28H28N2O4. The predicted octanol–water partition coefficient (Wildman–Crippen LogP) is 5.82. The topological polar surface area (TPSA) is 69.6 Å². The molecule has 174 valence electrons. The zero-order chi connectivity index (χ0) is 23.8. The number of benzene rings is 3. The fourth-order valence-electron chi connectivity index (χ4n) is 3.81. The first-order chi connectivity index (χ1) is 16.6. The first kappa shape index (κ1) is 23.1.